The van der Waals surface area contributed by atoms with Gasteiger partial charge in [0, 0.05) is 5.92 Å². The number of nitrogens with zero attached hydrogens (tertiary/aromatic N) is 2. The highest BCUT2D eigenvalue weighted by Gasteiger charge is 2.26. The van der Waals surface area contributed by atoms with Gasteiger partial charge in [0.25, 0.3) is 0 Å². The largest absolute Gasteiger partial charge is 0.327 e. The first-order valence-electron chi connectivity index (χ1n) is 5.56. The van der Waals surface area contributed by atoms with Crippen molar-refractivity contribution in [1.82, 2.24) is 15.3 Å². The Morgan fingerprint density at radius 3 is 2.76 bits per heavy atom. The van der Waals surface area contributed by atoms with Crippen molar-refractivity contribution in [2.24, 2.45) is 0 Å². The van der Waals surface area contributed by atoms with Crippen LogP contribution in [0.4, 0.5) is 10.5 Å². The maximum atomic E-state index is 11.4. The van der Waals surface area contributed by atoms with Gasteiger partial charge in [-0.25, -0.2) is 14.8 Å². The van der Waals surface area contributed by atoms with Crippen molar-refractivity contribution in [2.45, 2.75) is 25.7 Å². The van der Waals surface area contributed by atoms with Crippen molar-refractivity contribution in [3.63, 3.8) is 0 Å². The van der Waals surface area contributed by atoms with Gasteiger partial charge in [0.15, 0.2) is 0 Å². The lowest BCUT2D eigenvalue weighted by molar-refractivity contribution is 0.253. The zero-order chi connectivity index (χ0) is 12.1. The minimum atomic E-state index is -0.296. The second kappa shape index (κ2) is 5.30. The molecule has 2 N–H and O–H groups in total. The smallest absolute Gasteiger partial charge is 0.320 e. The number of rotatable bonds is 3. The SMILES string of the molecule is CC#CCNC(=O)Nc1cnc(C2CC2)nc1. The molecule has 0 atom stereocenters. The van der Waals surface area contributed by atoms with Crippen molar-refractivity contribution in [3.05, 3.63) is 18.2 Å². The maximum Gasteiger partial charge on any atom is 0.320 e. The standard InChI is InChI=1S/C12H14N4O/c1-2-3-6-13-12(17)16-10-7-14-11(15-8-10)9-4-5-9/h7-9H,4-6H2,1H3,(H2,13,16,17). The average molecular weight is 230 g/mol. The maximum absolute atomic E-state index is 11.4. The van der Waals surface area contributed by atoms with Gasteiger partial charge >= 0.3 is 6.03 Å². The van der Waals surface area contributed by atoms with Crippen LogP contribution in [0.3, 0.4) is 0 Å². The predicted molar refractivity (Wildman–Crippen MR) is 64.5 cm³/mol. The number of carbonyl (C=O) groups is 1. The van der Waals surface area contributed by atoms with E-state index in [-0.39, 0.29) is 6.03 Å². The molecule has 0 aromatic carbocycles. The minimum absolute atomic E-state index is 0.296. The first-order valence-corrected chi connectivity index (χ1v) is 5.56. The zero-order valence-corrected chi connectivity index (χ0v) is 9.66. The zero-order valence-electron chi connectivity index (χ0n) is 9.66. The Bertz CT molecular complexity index is 454. The van der Waals surface area contributed by atoms with Crippen LogP contribution in [-0.4, -0.2) is 22.5 Å². The van der Waals surface area contributed by atoms with Gasteiger partial charge in [-0.15, -0.1) is 5.92 Å². The van der Waals surface area contributed by atoms with Gasteiger partial charge in [-0.1, -0.05) is 5.92 Å². The van der Waals surface area contributed by atoms with Crippen molar-refractivity contribution < 1.29 is 4.79 Å². The van der Waals surface area contributed by atoms with E-state index in [1.54, 1.807) is 19.3 Å². The fourth-order valence-electron chi connectivity index (χ4n) is 1.34. The van der Waals surface area contributed by atoms with Gasteiger partial charge in [0.2, 0.25) is 0 Å². The minimum Gasteiger partial charge on any atom is -0.327 e. The number of hydrogen-bond donors (Lipinski definition) is 2. The highest BCUT2D eigenvalue weighted by molar-refractivity contribution is 5.88. The molecule has 17 heavy (non-hydrogen) atoms. The summed E-state index contributed by atoms with van der Waals surface area (Å²) in [5, 5.41) is 5.25. The summed E-state index contributed by atoms with van der Waals surface area (Å²) in [6, 6.07) is -0.296. The van der Waals surface area contributed by atoms with Crippen molar-refractivity contribution in [2.75, 3.05) is 11.9 Å². The molecule has 0 aliphatic heterocycles. The molecular formula is C12H14N4O. The van der Waals surface area contributed by atoms with Crippen molar-refractivity contribution in [1.29, 1.82) is 0 Å². The van der Waals surface area contributed by atoms with E-state index in [1.807, 2.05) is 0 Å². The molecular weight excluding hydrogens is 216 g/mol. The Morgan fingerprint density at radius 2 is 2.18 bits per heavy atom. The first kappa shape index (κ1) is 11.4. The van der Waals surface area contributed by atoms with Gasteiger partial charge in [-0.3, -0.25) is 0 Å². The molecule has 2 rings (SSSR count). The normalized spacial score (nSPS) is 13.5. The van der Waals surface area contributed by atoms with E-state index in [4.69, 9.17) is 0 Å². The molecule has 5 nitrogen and oxygen atoms in total. The van der Waals surface area contributed by atoms with Gasteiger partial charge in [-0.05, 0) is 19.8 Å². The molecule has 0 unspecified atom stereocenters. The van der Waals surface area contributed by atoms with E-state index >= 15 is 0 Å². The third-order valence-corrected chi connectivity index (χ3v) is 2.39. The van der Waals surface area contributed by atoms with Crippen LogP contribution in [0.15, 0.2) is 12.4 Å². The molecule has 1 aliphatic carbocycles. The van der Waals surface area contributed by atoms with Crippen LogP contribution in [0.25, 0.3) is 0 Å². The van der Waals surface area contributed by atoms with E-state index < -0.39 is 0 Å². The lowest BCUT2D eigenvalue weighted by Gasteiger charge is -2.04. The van der Waals surface area contributed by atoms with Crippen molar-refractivity contribution in [3.8, 4) is 11.8 Å². The van der Waals surface area contributed by atoms with Crippen LogP contribution >= 0.6 is 0 Å². The van der Waals surface area contributed by atoms with Gasteiger partial charge < -0.3 is 10.6 Å². The Balaban J connectivity index is 1.84. The van der Waals surface area contributed by atoms with Gasteiger partial charge in [0.05, 0.1) is 24.6 Å². The Hall–Kier alpha value is -2.09. The predicted octanol–water partition coefficient (Wildman–Crippen LogP) is 1.50. The molecule has 0 saturated heterocycles. The summed E-state index contributed by atoms with van der Waals surface area (Å²) in [6.45, 7) is 2.06. The molecule has 2 amide bonds. The Morgan fingerprint density at radius 1 is 1.47 bits per heavy atom. The highest BCUT2D eigenvalue weighted by Crippen LogP contribution is 2.37. The molecule has 1 aromatic rings. The lowest BCUT2D eigenvalue weighted by atomic mass is 10.4. The van der Waals surface area contributed by atoms with Crippen LogP contribution < -0.4 is 10.6 Å². The molecule has 5 heteroatoms. The van der Waals surface area contributed by atoms with Crippen LogP contribution in [0.1, 0.15) is 31.5 Å². The number of amides is 2. The fourth-order valence-corrected chi connectivity index (χ4v) is 1.34. The molecule has 0 radical (unpaired) electrons. The number of anilines is 1. The summed E-state index contributed by atoms with van der Waals surface area (Å²) in [5.41, 5.74) is 0.594. The van der Waals surface area contributed by atoms with Crippen molar-refractivity contribution >= 4 is 11.7 Å². The average Bonchev–Trinajstić information content (AvgIpc) is 3.14. The second-order valence-electron chi connectivity index (χ2n) is 3.84. The van der Waals surface area contributed by atoms with Crippen LogP contribution in [0.5, 0.6) is 0 Å². The number of nitrogens with one attached hydrogen (secondary N) is 2. The number of carbonyl (C=O) groups excluding carboxylic acids is 1. The van der Waals surface area contributed by atoms with Crippen LogP contribution in [0.2, 0.25) is 0 Å². The van der Waals surface area contributed by atoms with Crippen LogP contribution in [0, 0.1) is 11.8 Å². The summed E-state index contributed by atoms with van der Waals surface area (Å²) < 4.78 is 0. The summed E-state index contributed by atoms with van der Waals surface area (Å²) in [4.78, 5) is 19.8. The molecule has 0 bridgehead atoms. The number of urea groups is 1. The van der Waals surface area contributed by atoms with E-state index in [0.29, 0.717) is 18.2 Å². The monoisotopic (exact) mass is 230 g/mol. The van der Waals surface area contributed by atoms with E-state index in [0.717, 1.165) is 5.82 Å². The van der Waals surface area contributed by atoms with Crippen LogP contribution in [-0.2, 0) is 0 Å². The summed E-state index contributed by atoms with van der Waals surface area (Å²) in [5.74, 6) is 6.83. The topological polar surface area (TPSA) is 66.9 Å². The quantitative estimate of drug-likeness (QED) is 0.773. The molecule has 1 saturated carbocycles. The fraction of sp³-hybridized carbons (Fsp3) is 0.417. The van der Waals surface area contributed by atoms with Gasteiger partial charge in [-0.2, -0.15) is 0 Å². The van der Waals surface area contributed by atoms with Gasteiger partial charge in [0.1, 0.15) is 5.82 Å². The third-order valence-electron chi connectivity index (χ3n) is 2.39. The molecule has 1 heterocycles. The molecule has 0 spiro atoms. The molecule has 1 fully saturated rings. The lowest BCUT2D eigenvalue weighted by Crippen LogP contribution is -2.29. The summed E-state index contributed by atoms with van der Waals surface area (Å²) in [7, 11) is 0. The first-order chi connectivity index (χ1) is 8.29. The number of hydrogen-bond acceptors (Lipinski definition) is 3. The molecule has 1 aromatic heterocycles. The molecule has 1 aliphatic rings. The Kier molecular flexibility index (Phi) is 3.55. The van der Waals surface area contributed by atoms with E-state index in [9.17, 15) is 4.79 Å². The molecule has 88 valence electrons. The van der Waals surface area contributed by atoms with E-state index in [2.05, 4.69) is 32.4 Å². The summed E-state index contributed by atoms with van der Waals surface area (Å²) in [6.07, 6.45) is 5.60. The summed E-state index contributed by atoms with van der Waals surface area (Å²) >= 11 is 0. The number of aromatic nitrogens is 2. The third kappa shape index (κ3) is 3.45. The highest BCUT2D eigenvalue weighted by atomic mass is 16.2. The second-order valence-corrected chi connectivity index (χ2v) is 3.84. The van der Waals surface area contributed by atoms with E-state index in [1.165, 1.54) is 12.8 Å². The Labute approximate surface area is 100 Å².